The lowest BCUT2D eigenvalue weighted by molar-refractivity contribution is 0.350. The van der Waals surface area contributed by atoms with E-state index in [2.05, 4.69) is 26.5 Å². The van der Waals surface area contributed by atoms with Gasteiger partial charge in [-0.15, -0.1) is 0 Å². The summed E-state index contributed by atoms with van der Waals surface area (Å²) in [7, 11) is -3.75. The van der Waals surface area contributed by atoms with Crippen molar-refractivity contribution < 1.29 is 13.5 Å². The van der Waals surface area contributed by atoms with Crippen molar-refractivity contribution in [3.63, 3.8) is 0 Å². The highest BCUT2D eigenvalue weighted by Gasteiger charge is 2.18. The number of aliphatic hydroxyl groups excluding tert-OH is 1. The van der Waals surface area contributed by atoms with E-state index in [1.807, 2.05) is 6.92 Å². The van der Waals surface area contributed by atoms with Gasteiger partial charge in [0.25, 0.3) is 10.0 Å². The lowest BCUT2D eigenvalue weighted by Crippen LogP contribution is -2.14. The van der Waals surface area contributed by atoms with Gasteiger partial charge in [0.1, 0.15) is 12.4 Å². The van der Waals surface area contributed by atoms with Crippen LogP contribution < -0.4 is 4.72 Å². The van der Waals surface area contributed by atoms with Gasteiger partial charge in [-0.05, 0) is 12.1 Å². The highest BCUT2D eigenvalue weighted by molar-refractivity contribution is 7.92. The number of sulfonamides is 1. The van der Waals surface area contributed by atoms with Crippen molar-refractivity contribution >= 4 is 15.7 Å². The molecule has 1 aromatic heterocycles. The quantitative estimate of drug-likeness (QED) is 0.738. The van der Waals surface area contributed by atoms with Crippen molar-refractivity contribution in [3.8, 4) is 11.8 Å². The molecule has 2 aromatic rings. The van der Waals surface area contributed by atoms with Gasteiger partial charge in [0.2, 0.25) is 0 Å². The largest absolute Gasteiger partial charge is 0.384 e. The molecular weight excluding hydrogens is 290 g/mol. The molecule has 0 saturated heterocycles. The molecule has 110 valence electrons. The maximum absolute atomic E-state index is 12.3. The van der Waals surface area contributed by atoms with Crippen molar-refractivity contribution in [1.29, 1.82) is 0 Å². The van der Waals surface area contributed by atoms with Gasteiger partial charge in [-0.25, -0.2) is 4.98 Å². The summed E-state index contributed by atoms with van der Waals surface area (Å²) in [4.78, 5) is 6.73. The van der Waals surface area contributed by atoms with E-state index in [0.29, 0.717) is 23.5 Å². The van der Waals surface area contributed by atoms with Crippen LogP contribution in [0.15, 0.2) is 35.5 Å². The predicted molar refractivity (Wildman–Crippen MR) is 79.2 cm³/mol. The Kier molecular flexibility index (Phi) is 4.62. The Hall–Kier alpha value is -2.30. The number of hydrogen-bond acceptors (Lipinski definition) is 4. The molecule has 0 atom stereocenters. The molecule has 0 aliphatic rings. The molecule has 7 heteroatoms. The van der Waals surface area contributed by atoms with Crippen LogP contribution in [0.2, 0.25) is 0 Å². The fourth-order valence-electron chi connectivity index (χ4n) is 1.68. The van der Waals surface area contributed by atoms with Crippen molar-refractivity contribution in [2.24, 2.45) is 0 Å². The lowest BCUT2D eigenvalue weighted by atomic mass is 10.2. The molecule has 1 aromatic carbocycles. The van der Waals surface area contributed by atoms with Crippen LogP contribution in [0.5, 0.6) is 0 Å². The summed E-state index contributed by atoms with van der Waals surface area (Å²) in [6.45, 7) is 1.59. The Labute approximate surface area is 123 Å². The molecule has 0 amide bonds. The molecule has 0 aliphatic carbocycles. The number of aryl methyl sites for hydroxylation is 1. The van der Waals surface area contributed by atoms with E-state index in [1.165, 1.54) is 6.20 Å². The van der Waals surface area contributed by atoms with Crippen LogP contribution >= 0.6 is 0 Å². The average molecular weight is 305 g/mol. The molecule has 2 rings (SSSR count). The first-order valence-corrected chi connectivity index (χ1v) is 7.80. The van der Waals surface area contributed by atoms with Gasteiger partial charge in [0.05, 0.1) is 11.9 Å². The van der Waals surface area contributed by atoms with Crippen LogP contribution in [0.25, 0.3) is 0 Å². The van der Waals surface area contributed by atoms with Gasteiger partial charge >= 0.3 is 0 Å². The van der Waals surface area contributed by atoms with Gasteiger partial charge in [0, 0.05) is 12.0 Å². The molecule has 0 saturated carbocycles. The molecule has 0 radical (unpaired) electrons. The summed E-state index contributed by atoms with van der Waals surface area (Å²) in [5, 5.41) is 8.74. The molecule has 0 unspecified atom stereocenters. The van der Waals surface area contributed by atoms with Gasteiger partial charge in [-0.2, -0.15) is 8.42 Å². The van der Waals surface area contributed by atoms with E-state index in [4.69, 9.17) is 5.11 Å². The van der Waals surface area contributed by atoms with Crippen molar-refractivity contribution in [1.82, 2.24) is 9.97 Å². The minimum absolute atomic E-state index is 0.00395. The number of imidazole rings is 1. The predicted octanol–water partition coefficient (Wildman–Crippen LogP) is 1.12. The van der Waals surface area contributed by atoms with Gasteiger partial charge in [-0.3, -0.25) is 4.72 Å². The number of aromatic amines is 1. The number of nitrogens with one attached hydrogen (secondary N) is 2. The van der Waals surface area contributed by atoms with E-state index in [1.54, 1.807) is 24.3 Å². The van der Waals surface area contributed by atoms with Crippen LogP contribution in [0.1, 0.15) is 18.3 Å². The fraction of sp³-hybridized carbons (Fsp3) is 0.214. The fourth-order valence-corrected chi connectivity index (χ4v) is 2.70. The van der Waals surface area contributed by atoms with Gasteiger partial charge < -0.3 is 10.1 Å². The van der Waals surface area contributed by atoms with Crippen LogP contribution in [0.4, 0.5) is 5.69 Å². The number of para-hydroxylation sites is 1. The maximum Gasteiger partial charge on any atom is 0.279 e. The van der Waals surface area contributed by atoms with E-state index in [-0.39, 0.29) is 11.6 Å². The van der Waals surface area contributed by atoms with Crippen molar-refractivity contribution in [3.05, 3.63) is 41.9 Å². The summed E-state index contributed by atoms with van der Waals surface area (Å²) in [5.41, 5.74) is 0.844. The average Bonchev–Trinajstić information content (AvgIpc) is 2.96. The Balaban J connectivity index is 2.32. The number of aromatic nitrogens is 2. The zero-order valence-corrected chi connectivity index (χ0v) is 12.2. The van der Waals surface area contributed by atoms with Crippen LogP contribution in [-0.4, -0.2) is 30.1 Å². The molecule has 0 aliphatic heterocycles. The molecule has 0 bridgehead atoms. The number of H-pyrrole nitrogens is 1. The molecule has 0 fully saturated rings. The first kappa shape index (κ1) is 15.1. The standard InChI is InChI=1S/C14H15N3O3S/c1-2-13-15-10-14(16-13)21(19,20)17-12-8-4-3-6-11(12)7-5-9-18/h3-4,6,8,10,17-18H,2,9H2,1H3,(H,15,16). The summed E-state index contributed by atoms with van der Waals surface area (Å²) >= 11 is 0. The number of benzene rings is 1. The molecule has 3 N–H and O–H groups in total. The normalized spacial score (nSPS) is 10.8. The zero-order chi connectivity index (χ0) is 15.3. The summed E-state index contributed by atoms with van der Waals surface area (Å²) < 4.78 is 27.0. The molecule has 0 spiro atoms. The topological polar surface area (TPSA) is 95.1 Å². The summed E-state index contributed by atoms with van der Waals surface area (Å²) in [6.07, 6.45) is 1.90. The number of hydrogen-bond donors (Lipinski definition) is 3. The zero-order valence-electron chi connectivity index (χ0n) is 11.4. The van der Waals surface area contributed by atoms with Crippen molar-refractivity contribution in [2.75, 3.05) is 11.3 Å². The third-order valence-corrected chi connectivity index (χ3v) is 3.98. The number of anilines is 1. The molecule has 6 nitrogen and oxygen atoms in total. The summed E-state index contributed by atoms with van der Waals surface area (Å²) in [6, 6.07) is 6.72. The SMILES string of the molecule is CCc1ncc(S(=O)(=O)Nc2ccccc2C#CCO)[nH]1. The second kappa shape index (κ2) is 6.43. The number of rotatable bonds is 4. The lowest BCUT2D eigenvalue weighted by Gasteiger charge is -2.08. The second-order valence-corrected chi connectivity index (χ2v) is 5.81. The van der Waals surface area contributed by atoms with Crippen LogP contribution in [0.3, 0.4) is 0 Å². The van der Waals surface area contributed by atoms with Crippen LogP contribution in [-0.2, 0) is 16.4 Å². The van der Waals surface area contributed by atoms with E-state index < -0.39 is 10.0 Å². The van der Waals surface area contributed by atoms with Gasteiger partial charge in [0.15, 0.2) is 5.03 Å². The smallest absolute Gasteiger partial charge is 0.279 e. The van der Waals surface area contributed by atoms with E-state index in [9.17, 15) is 8.42 Å². The number of aliphatic hydroxyl groups is 1. The highest BCUT2D eigenvalue weighted by Crippen LogP contribution is 2.18. The third-order valence-electron chi connectivity index (χ3n) is 2.70. The first-order chi connectivity index (χ1) is 10.1. The Morgan fingerprint density at radius 2 is 2.14 bits per heavy atom. The Morgan fingerprint density at radius 3 is 2.81 bits per heavy atom. The monoisotopic (exact) mass is 305 g/mol. The first-order valence-electron chi connectivity index (χ1n) is 6.32. The minimum Gasteiger partial charge on any atom is -0.384 e. The number of nitrogens with zero attached hydrogens (tertiary/aromatic N) is 1. The Bertz CT molecular complexity index is 785. The maximum atomic E-state index is 12.3. The molecule has 1 heterocycles. The second-order valence-electron chi connectivity index (χ2n) is 4.16. The minimum atomic E-state index is -3.75. The van der Waals surface area contributed by atoms with Crippen LogP contribution in [0, 0.1) is 11.8 Å². The Morgan fingerprint density at radius 1 is 1.38 bits per heavy atom. The highest BCUT2D eigenvalue weighted by atomic mass is 32.2. The summed E-state index contributed by atoms with van der Waals surface area (Å²) in [5.74, 6) is 5.80. The molecule has 21 heavy (non-hydrogen) atoms. The van der Waals surface area contributed by atoms with Gasteiger partial charge in [-0.1, -0.05) is 30.9 Å². The van der Waals surface area contributed by atoms with Crippen molar-refractivity contribution in [2.45, 2.75) is 18.4 Å². The van der Waals surface area contributed by atoms with E-state index >= 15 is 0 Å². The molecular formula is C14H15N3O3S. The third kappa shape index (κ3) is 3.62. The van der Waals surface area contributed by atoms with E-state index in [0.717, 1.165) is 0 Å².